The predicted octanol–water partition coefficient (Wildman–Crippen LogP) is 9.76. The van der Waals surface area contributed by atoms with Gasteiger partial charge in [-0.1, -0.05) is 66.2 Å². The van der Waals surface area contributed by atoms with E-state index in [9.17, 15) is 18.5 Å². The molecule has 4 saturated carbocycles. The lowest BCUT2D eigenvalue weighted by Crippen LogP contribution is -2.67. The van der Waals surface area contributed by atoms with Crippen LogP contribution in [0.25, 0.3) is 0 Å². The smallest absolute Gasteiger partial charge is 0.312 e. The molecule has 2 N–H and O–H groups in total. The summed E-state index contributed by atoms with van der Waals surface area (Å²) >= 11 is 0. The Kier molecular flexibility index (Phi) is 13.0. The fraction of sp³-hybridized carbons (Fsp3) is 0.841. The Hall–Kier alpha value is -1.31. The van der Waals surface area contributed by atoms with Crippen molar-refractivity contribution in [2.45, 2.75) is 137 Å². The molecular formula is C44H73FN2O3S. The number of nitrogens with one attached hydrogen (secondary N) is 1. The maximum atomic E-state index is 13.8. The molecule has 0 spiro atoms. The topological polar surface area (TPSA) is 69.6 Å². The van der Waals surface area contributed by atoms with Crippen molar-refractivity contribution >= 4 is 16.8 Å². The summed E-state index contributed by atoms with van der Waals surface area (Å²) in [6.07, 6.45) is 21.0. The van der Waals surface area contributed by atoms with E-state index in [1.807, 2.05) is 20.8 Å². The van der Waals surface area contributed by atoms with E-state index >= 15 is 0 Å². The van der Waals surface area contributed by atoms with Crippen molar-refractivity contribution in [2.24, 2.45) is 51.2 Å². The van der Waals surface area contributed by atoms with Gasteiger partial charge in [-0.3, -0.25) is 9.00 Å². The van der Waals surface area contributed by atoms with Gasteiger partial charge >= 0.3 is 5.97 Å². The first kappa shape index (κ1) is 40.9. The van der Waals surface area contributed by atoms with Gasteiger partial charge in [-0.15, -0.1) is 6.58 Å². The molecule has 10 atom stereocenters. The van der Waals surface area contributed by atoms with Gasteiger partial charge < -0.3 is 15.3 Å². The second-order valence-electron chi connectivity index (χ2n) is 18.2. The first-order valence-corrected chi connectivity index (χ1v) is 22.4. The molecule has 7 aliphatic rings. The number of carboxylic acids is 1. The monoisotopic (exact) mass is 729 g/mol. The molecule has 0 radical (unpaired) electrons. The zero-order chi connectivity index (χ0) is 37.2. The van der Waals surface area contributed by atoms with Crippen molar-refractivity contribution in [3.05, 3.63) is 36.0 Å². The van der Waals surface area contributed by atoms with Crippen molar-refractivity contribution in [2.75, 3.05) is 44.4 Å². The normalized spacial score (nSPS) is 43.6. The van der Waals surface area contributed by atoms with Crippen LogP contribution in [0.3, 0.4) is 0 Å². The molecule has 7 heteroatoms. The molecular weight excluding hydrogens is 656 g/mol. The molecule has 0 amide bonds. The lowest BCUT2D eigenvalue weighted by atomic mass is 9.34. The van der Waals surface area contributed by atoms with E-state index in [-0.39, 0.29) is 0 Å². The van der Waals surface area contributed by atoms with Gasteiger partial charge in [0.1, 0.15) is 6.67 Å². The Bertz CT molecular complexity index is 1340. The van der Waals surface area contributed by atoms with Gasteiger partial charge in [0.25, 0.3) is 0 Å². The number of hydrogen-bond donors (Lipinski definition) is 2. The van der Waals surface area contributed by atoms with Crippen molar-refractivity contribution in [1.29, 1.82) is 0 Å². The third kappa shape index (κ3) is 7.05. The maximum Gasteiger partial charge on any atom is 0.312 e. The minimum absolute atomic E-state index is 0.295. The van der Waals surface area contributed by atoms with E-state index in [0.717, 1.165) is 61.9 Å². The van der Waals surface area contributed by atoms with Crippen molar-refractivity contribution in [3.63, 3.8) is 0 Å². The summed E-state index contributed by atoms with van der Waals surface area (Å²) in [6.45, 7) is 23.1. The number of nitrogens with zero attached hydrogens (tertiary/aromatic N) is 1. The number of allylic oxidation sites excluding steroid dienone is 5. The van der Waals surface area contributed by atoms with Gasteiger partial charge in [-0.25, -0.2) is 4.39 Å². The predicted molar refractivity (Wildman–Crippen MR) is 212 cm³/mol. The van der Waals surface area contributed by atoms with E-state index in [0.29, 0.717) is 52.9 Å². The summed E-state index contributed by atoms with van der Waals surface area (Å²) in [5.74, 6) is 4.16. The molecule has 1 heterocycles. The lowest BCUT2D eigenvalue weighted by Gasteiger charge is -2.71. The minimum Gasteiger partial charge on any atom is -0.481 e. The van der Waals surface area contributed by atoms with Gasteiger partial charge in [-0.2, -0.15) is 0 Å². The van der Waals surface area contributed by atoms with Crippen LogP contribution in [0.1, 0.15) is 132 Å². The molecule has 6 aliphatic carbocycles. The highest BCUT2D eigenvalue weighted by Crippen LogP contribution is 2.75. The van der Waals surface area contributed by atoms with Gasteiger partial charge in [-0.05, 0) is 141 Å². The second-order valence-corrected chi connectivity index (χ2v) is 19.9. The number of alkyl halides is 1. The molecule has 0 bridgehead atoms. The number of rotatable bonds is 7. The van der Waals surface area contributed by atoms with Gasteiger partial charge in [0.15, 0.2) is 0 Å². The Labute approximate surface area is 313 Å². The molecule has 290 valence electrons. The number of fused-ring (bicyclic) bond motifs is 7. The highest BCUT2D eigenvalue weighted by atomic mass is 32.2. The van der Waals surface area contributed by atoms with Crippen LogP contribution >= 0.6 is 0 Å². The van der Waals surface area contributed by atoms with Crippen LogP contribution in [-0.2, 0) is 15.6 Å². The van der Waals surface area contributed by atoms with Gasteiger partial charge in [0.2, 0.25) is 0 Å². The summed E-state index contributed by atoms with van der Waals surface area (Å²) in [4.78, 5) is 14.4. The lowest BCUT2D eigenvalue weighted by molar-refractivity contribution is -0.212. The molecule has 7 rings (SSSR count). The molecule has 7 unspecified atom stereocenters. The maximum absolute atomic E-state index is 13.8. The summed E-state index contributed by atoms with van der Waals surface area (Å²) in [7, 11) is -0.606. The molecule has 1 saturated heterocycles. The Balaban J connectivity index is 0.000000959. The Morgan fingerprint density at radius 3 is 2.31 bits per heavy atom. The van der Waals surface area contributed by atoms with Crippen LogP contribution in [0.5, 0.6) is 0 Å². The highest BCUT2D eigenvalue weighted by molar-refractivity contribution is 7.85. The molecule has 0 aromatic rings. The van der Waals surface area contributed by atoms with Crippen molar-refractivity contribution in [1.82, 2.24) is 10.2 Å². The van der Waals surface area contributed by atoms with E-state index in [2.05, 4.69) is 56.6 Å². The largest absolute Gasteiger partial charge is 0.481 e. The second kappa shape index (κ2) is 16.2. The fourth-order valence-electron chi connectivity index (χ4n) is 13.4. The molecule has 5 nitrogen and oxygen atoms in total. The molecule has 0 aromatic heterocycles. The summed E-state index contributed by atoms with van der Waals surface area (Å²) < 4.78 is 25.7. The van der Waals surface area contributed by atoms with Crippen LogP contribution in [-0.4, -0.2) is 70.1 Å². The minimum atomic E-state index is -1.22. The number of aliphatic carboxylic acids is 1. The number of carboxylic acid groups (broad SMARTS) is 1. The summed E-state index contributed by atoms with van der Waals surface area (Å²) in [6, 6.07) is 0. The van der Waals surface area contributed by atoms with E-state index in [1.165, 1.54) is 68.9 Å². The van der Waals surface area contributed by atoms with Crippen LogP contribution in [0.4, 0.5) is 4.39 Å². The van der Waals surface area contributed by atoms with Gasteiger partial charge in [0, 0.05) is 54.0 Å². The molecule has 1 aliphatic heterocycles. The molecule has 0 aromatic carbocycles. The first-order chi connectivity index (χ1) is 24.3. The van der Waals surface area contributed by atoms with Crippen LogP contribution in [0.15, 0.2) is 36.0 Å². The van der Waals surface area contributed by atoms with Gasteiger partial charge in [0.05, 0.1) is 5.41 Å². The summed E-state index contributed by atoms with van der Waals surface area (Å²) in [5, 5.41) is 13.9. The van der Waals surface area contributed by atoms with Crippen molar-refractivity contribution < 1.29 is 18.5 Å². The van der Waals surface area contributed by atoms with Crippen molar-refractivity contribution in [3.8, 4) is 0 Å². The standard InChI is InChI=1S/C39H61FN2O3S.C3H6.C2H6/c1-27-29(28-9-16-38(26-40,17-10-28)34(43)44)11-14-35(2)30(27)12-15-37(4)33(35)8-7-31-32-6-5-13-39(32,19-18-36(31,37)3)41-20-21-42-22-24-46(45)25-23-42;1-3-2;1-2/h9,11,27,30-33,41H,5-8,10,12-26H2,1-4H3,(H,43,44);3H,1H2,2H3;1-2H3/t27?,30?,31?,32-,33?,35?,36-,37?,38-,39?;;/m1../s1. The fourth-order valence-corrected chi connectivity index (χ4v) is 14.6. The third-order valence-electron chi connectivity index (χ3n) is 16.4. The summed E-state index contributed by atoms with van der Waals surface area (Å²) in [5.41, 5.74) is 2.88. The van der Waals surface area contributed by atoms with E-state index in [1.54, 1.807) is 6.08 Å². The average Bonchev–Trinajstić information content (AvgIpc) is 3.55. The van der Waals surface area contributed by atoms with E-state index in [4.69, 9.17) is 0 Å². The number of halogens is 1. The van der Waals surface area contributed by atoms with E-state index < -0.39 is 28.9 Å². The number of carbonyl (C=O) groups is 1. The zero-order valence-corrected chi connectivity index (χ0v) is 34.3. The molecule has 5 fully saturated rings. The Morgan fingerprint density at radius 1 is 0.980 bits per heavy atom. The molecule has 51 heavy (non-hydrogen) atoms. The highest BCUT2D eigenvalue weighted by Gasteiger charge is 2.68. The Morgan fingerprint density at radius 2 is 1.69 bits per heavy atom. The van der Waals surface area contributed by atoms with Crippen LogP contribution in [0, 0.1) is 51.2 Å². The third-order valence-corrected chi connectivity index (χ3v) is 17.7. The SMILES string of the molecule is C=CC.CC.CC1C(C2=CC[C@@](CF)(C(=O)O)CC2)=CCC2(C)C1CCC1(C)C2CCC2[C@H]3CCCC3(NCCN3CCS(=O)CC3)CC[C@]21C. The van der Waals surface area contributed by atoms with Crippen LogP contribution in [0.2, 0.25) is 0 Å². The first-order valence-electron chi connectivity index (χ1n) is 20.9. The average molecular weight is 729 g/mol. The van der Waals surface area contributed by atoms with Crippen LogP contribution < -0.4 is 5.32 Å². The number of hydrogen-bond acceptors (Lipinski definition) is 4. The quantitative estimate of drug-likeness (QED) is 0.256. The zero-order valence-electron chi connectivity index (χ0n) is 33.5.